The van der Waals surface area contributed by atoms with Crippen molar-refractivity contribution in [3.8, 4) is 11.3 Å². The van der Waals surface area contributed by atoms with E-state index >= 15 is 0 Å². The number of hydrogen-bond acceptors (Lipinski definition) is 5. The summed E-state index contributed by atoms with van der Waals surface area (Å²) in [6, 6.07) is 13.8. The zero-order valence-electron chi connectivity index (χ0n) is 11.5. The molecule has 4 nitrogen and oxygen atoms in total. The molecule has 0 aliphatic carbocycles. The fourth-order valence-electron chi connectivity index (χ4n) is 1.87. The lowest BCUT2D eigenvalue weighted by molar-refractivity contribution is 0.164. The Labute approximate surface area is 126 Å². The molecule has 0 unspecified atom stereocenters. The maximum absolute atomic E-state index is 5.54. The molecule has 0 fully saturated rings. The zero-order chi connectivity index (χ0) is 14.5. The van der Waals surface area contributed by atoms with Gasteiger partial charge < -0.3 is 9.15 Å². The van der Waals surface area contributed by atoms with Gasteiger partial charge in [0, 0.05) is 18.1 Å². The second kappa shape index (κ2) is 6.47. The van der Waals surface area contributed by atoms with Crippen LogP contribution in [0.25, 0.3) is 11.3 Å². The first kappa shape index (κ1) is 13.7. The summed E-state index contributed by atoms with van der Waals surface area (Å²) in [5.41, 5.74) is 2.03. The highest BCUT2D eigenvalue weighted by Gasteiger charge is 2.03. The van der Waals surface area contributed by atoms with Crippen molar-refractivity contribution in [1.29, 1.82) is 0 Å². The number of aromatic nitrogens is 1. The third kappa shape index (κ3) is 3.45. The summed E-state index contributed by atoms with van der Waals surface area (Å²) in [4.78, 5) is 8.84. The summed E-state index contributed by atoms with van der Waals surface area (Å²) in [6.07, 6.45) is 1.67. The van der Waals surface area contributed by atoms with Crippen molar-refractivity contribution in [2.24, 2.45) is 4.99 Å². The predicted molar refractivity (Wildman–Crippen MR) is 84.2 cm³/mol. The number of furan rings is 1. The zero-order valence-corrected chi connectivity index (χ0v) is 12.3. The molecule has 0 saturated carbocycles. The molecule has 0 N–H and O–H groups in total. The molecule has 0 atom stereocenters. The average Bonchev–Trinajstić information content (AvgIpc) is 3.16. The van der Waals surface area contributed by atoms with Crippen LogP contribution in [0.1, 0.15) is 11.5 Å². The van der Waals surface area contributed by atoms with Crippen LogP contribution in [0, 0.1) is 0 Å². The summed E-state index contributed by atoms with van der Waals surface area (Å²) in [5, 5.41) is 2.71. The molecule has 0 spiro atoms. The molecule has 21 heavy (non-hydrogen) atoms. The smallest absolute Gasteiger partial charge is 0.209 e. The molecule has 106 valence electrons. The third-order valence-electron chi connectivity index (χ3n) is 2.83. The average molecular weight is 298 g/mol. The highest BCUT2D eigenvalue weighted by Crippen LogP contribution is 2.26. The van der Waals surface area contributed by atoms with Crippen LogP contribution in [0.4, 0.5) is 5.13 Å². The second-order valence-electron chi connectivity index (χ2n) is 4.38. The van der Waals surface area contributed by atoms with Crippen LogP contribution >= 0.6 is 11.3 Å². The maximum atomic E-state index is 5.54. The molecule has 3 rings (SSSR count). The van der Waals surface area contributed by atoms with Crippen LogP contribution in [0.2, 0.25) is 0 Å². The van der Waals surface area contributed by atoms with E-state index in [9.17, 15) is 0 Å². The normalized spacial score (nSPS) is 11.3. The Hall–Kier alpha value is -2.24. The Kier molecular flexibility index (Phi) is 4.23. The van der Waals surface area contributed by atoms with E-state index in [1.54, 1.807) is 13.3 Å². The van der Waals surface area contributed by atoms with E-state index in [2.05, 4.69) is 9.98 Å². The van der Waals surface area contributed by atoms with Gasteiger partial charge in [0.2, 0.25) is 5.13 Å². The van der Waals surface area contributed by atoms with E-state index < -0.39 is 0 Å². The van der Waals surface area contributed by atoms with Crippen LogP contribution in [0.15, 0.2) is 57.3 Å². The number of aliphatic imine (C=N–C) groups is 1. The standard InChI is InChI=1S/C16H14N2O2S/c1-19-10-14-8-7-13(20-14)9-17-16-18-15(11-21-16)12-5-3-2-4-6-12/h2-9,11H,10H2,1H3. The van der Waals surface area contributed by atoms with E-state index in [1.165, 1.54) is 11.3 Å². The van der Waals surface area contributed by atoms with Gasteiger partial charge in [0.1, 0.15) is 18.1 Å². The molecule has 0 aliphatic rings. The minimum absolute atomic E-state index is 0.462. The SMILES string of the molecule is COCc1ccc(C=Nc2nc(-c3ccccc3)cs2)o1. The number of methoxy groups -OCH3 is 1. The van der Waals surface area contributed by atoms with Gasteiger partial charge in [-0.1, -0.05) is 30.3 Å². The molecule has 0 bridgehead atoms. The van der Waals surface area contributed by atoms with Gasteiger partial charge in [-0.05, 0) is 12.1 Å². The van der Waals surface area contributed by atoms with E-state index in [0.29, 0.717) is 17.5 Å². The van der Waals surface area contributed by atoms with Crippen LogP contribution in [-0.2, 0) is 11.3 Å². The van der Waals surface area contributed by atoms with Gasteiger partial charge in [0.25, 0.3) is 0 Å². The molecule has 0 amide bonds. The van der Waals surface area contributed by atoms with E-state index in [4.69, 9.17) is 9.15 Å². The number of rotatable bonds is 5. The summed E-state index contributed by atoms with van der Waals surface area (Å²) in [5.74, 6) is 1.47. The summed E-state index contributed by atoms with van der Waals surface area (Å²) < 4.78 is 10.5. The third-order valence-corrected chi connectivity index (χ3v) is 3.58. The fourth-order valence-corrected chi connectivity index (χ4v) is 2.54. The van der Waals surface area contributed by atoms with Crippen molar-refractivity contribution in [3.63, 3.8) is 0 Å². The Morgan fingerprint density at radius 2 is 2.10 bits per heavy atom. The molecule has 0 saturated heterocycles. The quantitative estimate of drug-likeness (QED) is 0.660. The molecular formula is C16H14N2O2S. The van der Waals surface area contributed by atoms with E-state index in [-0.39, 0.29) is 0 Å². The Balaban J connectivity index is 1.73. The van der Waals surface area contributed by atoms with Gasteiger partial charge in [0.05, 0.1) is 11.9 Å². The van der Waals surface area contributed by atoms with Crippen LogP contribution in [-0.4, -0.2) is 18.3 Å². The number of thiazole rings is 1. The lowest BCUT2D eigenvalue weighted by Gasteiger charge is -1.93. The second-order valence-corrected chi connectivity index (χ2v) is 5.21. The molecular weight excluding hydrogens is 284 g/mol. The van der Waals surface area contributed by atoms with Gasteiger partial charge in [-0.2, -0.15) is 0 Å². The van der Waals surface area contributed by atoms with Crippen molar-refractivity contribution < 1.29 is 9.15 Å². The van der Waals surface area contributed by atoms with Crippen LogP contribution in [0.3, 0.4) is 0 Å². The van der Waals surface area contributed by atoms with E-state index in [0.717, 1.165) is 17.0 Å². The van der Waals surface area contributed by atoms with Gasteiger partial charge in [-0.25, -0.2) is 9.98 Å². The lowest BCUT2D eigenvalue weighted by Crippen LogP contribution is -1.82. The van der Waals surface area contributed by atoms with Gasteiger partial charge >= 0.3 is 0 Å². The summed E-state index contributed by atoms with van der Waals surface area (Å²) in [7, 11) is 1.64. The summed E-state index contributed by atoms with van der Waals surface area (Å²) >= 11 is 1.51. The minimum atomic E-state index is 0.462. The number of benzene rings is 1. The van der Waals surface area contributed by atoms with Crippen molar-refractivity contribution in [3.05, 3.63) is 59.4 Å². The first-order chi connectivity index (χ1) is 10.3. The van der Waals surface area contributed by atoms with Crippen molar-refractivity contribution in [1.82, 2.24) is 4.98 Å². The number of nitrogens with zero attached hydrogens (tertiary/aromatic N) is 2. The highest BCUT2D eigenvalue weighted by molar-refractivity contribution is 7.13. The summed E-state index contributed by atoms with van der Waals surface area (Å²) in [6.45, 7) is 0.462. The lowest BCUT2D eigenvalue weighted by atomic mass is 10.2. The predicted octanol–water partition coefficient (Wildman–Crippen LogP) is 4.30. The van der Waals surface area contributed by atoms with Gasteiger partial charge in [-0.15, -0.1) is 11.3 Å². The van der Waals surface area contributed by atoms with Gasteiger partial charge in [0.15, 0.2) is 0 Å². The first-order valence-corrected chi connectivity index (χ1v) is 7.36. The highest BCUT2D eigenvalue weighted by atomic mass is 32.1. The minimum Gasteiger partial charge on any atom is -0.458 e. The van der Waals surface area contributed by atoms with Crippen LogP contribution in [0.5, 0.6) is 0 Å². The molecule has 1 aromatic carbocycles. The largest absolute Gasteiger partial charge is 0.458 e. The Morgan fingerprint density at radius 3 is 2.90 bits per heavy atom. The topological polar surface area (TPSA) is 47.6 Å². The molecule has 2 aromatic heterocycles. The molecule has 3 aromatic rings. The fraction of sp³-hybridized carbons (Fsp3) is 0.125. The Morgan fingerprint density at radius 1 is 1.24 bits per heavy atom. The monoisotopic (exact) mass is 298 g/mol. The molecule has 5 heteroatoms. The first-order valence-electron chi connectivity index (χ1n) is 6.48. The van der Waals surface area contributed by atoms with Crippen molar-refractivity contribution in [2.45, 2.75) is 6.61 Å². The number of hydrogen-bond donors (Lipinski definition) is 0. The van der Waals surface area contributed by atoms with Gasteiger partial charge in [-0.3, -0.25) is 0 Å². The van der Waals surface area contributed by atoms with E-state index in [1.807, 2.05) is 47.8 Å². The molecule has 2 heterocycles. The molecule has 0 radical (unpaired) electrons. The van der Waals surface area contributed by atoms with Crippen molar-refractivity contribution in [2.75, 3.05) is 7.11 Å². The molecule has 0 aliphatic heterocycles. The number of ether oxygens (including phenoxy) is 1. The van der Waals surface area contributed by atoms with Crippen molar-refractivity contribution >= 4 is 22.7 Å². The maximum Gasteiger partial charge on any atom is 0.209 e. The van der Waals surface area contributed by atoms with Crippen LogP contribution < -0.4 is 0 Å². The Bertz CT molecular complexity index is 732.